The van der Waals surface area contributed by atoms with E-state index in [0.717, 1.165) is 10.1 Å². The van der Waals surface area contributed by atoms with E-state index in [1.807, 2.05) is 30.3 Å². The summed E-state index contributed by atoms with van der Waals surface area (Å²) < 4.78 is 12.6. The number of aromatic amines is 1. The van der Waals surface area contributed by atoms with E-state index in [1.165, 1.54) is 49.0 Å². The lowest BCUT2D eigenvalue weighted by Gasteiger charge is -2.22. The molecule has 0 saturated heterocycles. The van der Waals surface area contributed by atoms with E-state index in [2.05, 4.69) is 38.1 Å². The zero-order valence-electron chi connectivity index (χ0n) is 17.6. The third kappa shape index (κ3) is 4.16. The lowest BCUT2D eigenvalue weighted by molar-refractivity contribution is 0.102. The van der Waals surface area contributed by atoms with Crippen LogP contribution in [0.25, 0.3) is 10.1 Å². The maximum atomic E-state index is 13.0. The first-order chi connectivity index (χ1) is 15.7. The summed E-state index contributed by atoms with van der Waals surface area (Å²) in [5.41, 5.74) is 1.35. The summed E-state index contributed by atoms with van der Waals surface area (Å²) in [5, 5.41) is 16.9. The zero-order valence-corrected chi connectivity index (χ0v) is 18.4. The molecule has 0 aliphatic heterocycles. The molecular formula is C23H23N5O3S. The fourth-order valence-electron chi connectivity index (χ4n) is 4.17. The quantitative estimate of drug-likeness (QED) is 0.402. The summed E-state index contributed by atoms with van der Waals surface area (Å²) in [7, 11) is 1.61. The molecule has 8 nitrogen and oxygen atoms in total. The van der Waals surface area contributed by atoms with E-state index in [0.29, 0.717) is 28.0 Å². The molecule has 0 spiro atoms. The van der Waals surface area contributed by atoms with Crippen molar-refractivity contribution in [3.05, 3.63) is 52.9 Å². The van der Waals surface area contributed by atoms with Crippen molar-refractivity contribution in [2.75, 3.05) is 12.4 Å². The number of carbonyl (C=O) groups is 1. The summed E-state index contributed by atoms with van der Waals surface area (Å²) >= 11 is 1.34. The topological polar surface area (TPSA) is 102 Å². The summed E-state index contributed by atoms with van der Waals surface area (Å²) in [6, 6.07) is 13.9. The Kier molecular flexibility index (Phi) is 5.72. The van der Waals surface area contributed by atoms with Gasteiger partial charge in [0.15, 0.2) is 5.75 Å². The van der Waals surface area contributed by atoms with Gasteiger partial charge in [-0.2, -0.15) is 5.21 Å². The number of carbonyl (C=O) groups excluding carboxylic acids is 1. The minimum absolute atomic E-state index is 0.104. The third-order valence-electron chi connectivity index (χ3n) is 5.80. The second-order valence-electron chi connectivity index (χ2n) is 7.82. The Bertz CT molecular complexity index is 1210. The number of fused-ring (bicyclic) bond motifs is 1. The van der Waals surface area contributed by atoms with Crippen LogP contribution in [-0.2, 0) is 0 Å². The molecule has 0 unspecified atom stereocenters. The van der Waals surface area contributed by atoms with Crippen LogP contribution in [0.3, 0.4) is 0 Å². The molecule has 1 aliphatic rings. The van der Waals surface area contributed by atoms with Crippen LogP contribution in [0, 0.1) is 0 Å². The predicted molar refractivity (Wildman–Crippen MR) is 123 cm³/mol. The highest BCUT2D eigenvalue weighted by atomic mass is 32.1. The van der Waals surface area contributed by atoms with E-state index in [-0.39, 0.29) is 11.9 Å². The van der Waals surface area contributed by atoms with Gasteiger partial charge >= 0.3 is 0 Å². The number of aromatic nitrogens is 4. The number of H-pyrrole nitrogens is 1. The molecular weight excluding hydrogens is 426 g/mol. The standard InChI is InChI=1S/C23H23N5O3S/c1-30-17-11-12-19-18(13-17)20(21(32-19)22(29)24-23-25-27-28-26-23)31-16-9-7-15(8-10-16)14-5-3-2-4-6-14/h7-14H,2-6H2,1H3,(H2,24,25,26,27,28,29). The van der Waals surface area contributed by atoms with E-state index >= 15 is 0 Å². The molecule has 1 saturated carbocycles. The molecule has 1 aliphatic carbocycles. The Labute approximate surface area is 188 Å². The van der Waals surface area contributed by atoms with Crippen molar-refractivity contribution in [1.82, 2.24) is 20.6 Å². The summed E-state index contributed by atoms with van der Waals surface area (Å²) in [6.45, 7) is 0. The molecule has 2 aromatic heterocycles. The van der Waals surface area contributed by atoms with Crippen LogP contribution in [0.2, 0.25) is 0 Å². The smallest absolute Gasteiger partial charge is 0.272 e. The number of rotatable bonds is 6. The van der Waals surface area contributed by atoms with Gasteiger partial charge in [0.1, 0.15) is 16.4 Å². The molecule has 164 valence electrons. The first kappa shape index (κ1) is 20.4. The maximum absolute atomic E-state index is 13.0. The Morgan fingerprint density at radius 3 is 2.59 bits per heavy atom. The average molecular weight is 450 g/mol. The Morgan fingerprint density at radius 2 is 1.88 bits per heavy atom. The van der Waals surface area contributed by atoms with Gasteiger partial charge in [-0.15, -0.1) is 16.4 Å². The Hall–Kier alpha value is -3.46. The maximum Gasteiger partial charge on any atom is 0.272 e. The lowest BCUT2D eigenvalue weighted by atomic mass is 9.84. The second-order valence-corrected chi connectivity index (χ2v) is 8.87. The largest absolute Gasteiger partial charge is 0.497 e. The number of benzene rings is 2. The van der Waals surface area contributed by atoms with Crippen molar-refractivity contribution in [2.24, 2.45) is 0 Å². The molecule has 4 aromatic rings. The van der Waals surface area contributed by atoms with Gasteiger partial charge in [0.05, 0.1) is 7.11 Å². The third-order valence-corrected chi connectivity index (χ3v) is 6.95. The Morgan fingerprint density at radius 1 is 1.09 bits per heavy atom. The molecule has 0 atom stereocenters. The molecule has 2 heterocycles. The van der Waals surface area contributed by atoms with Crippen molar-refractivity contribution in [3.8, 4) is 17.2 Å². The van der Waals surface area contributed by atoms with Gasteiger partial charge in [-0.25, -0.2) is 0 Å². The van der Waals surface area contributed by atoms with Crippen LogP contribution in [0.5, 0.6) is 17.2 Å². The minimum Gasteiger partial charge on any atom is -0.497 e. The van der Waals surface area contributed by atoms with E-state index in [9.17, 15) is 4.79 Å². The van der Waals surface area contributed by atoms with Gasteiger partial charge in [0.2, 0.25) is 0 Å². The molecule has 0 radical (unpaired) electrons. The highest BCUT2D eigenvalue weighted by Crippen LogP contribution is 2.42. The number of amides is 1. The molecule has 9 heteroatoms. The van der Waals surface area contributed by atoms with Gasteiger partial charge < -0.3 is 9.47 Å². The van der Waals surface area contributed by atoms with Gasteiger partial charge in [0.25, 0.3) is 11.9 Å². The van der Waals surface area contributed by atoms with Crippen LogP contribution in [0.4, 0.5) is 5.95 Å². The van der Waals surface area contributed by atoms with Gasteiger partial charge in [-0.05, 0) is 59.9 Å². The molecule has 5 rings (SSSR count). The number of hydrogen-bond donors (Lipinski definition) is 2. The highest BCUT2D eigenvalue weighted by Gasteiger charge is 2.23. The number of anilines is 1. The number of nitrogens with one attached hydrogen (secondary N) is 2. The average Bonchev–Trinajstić information content (AvgIpc) is 3.48. The number of hydrogen-bond acceptors (Lipinski definition) is 7. The first-order valence-corrected chi connectivity index (χ1v) is 11.5. The number of nitrogens with zero attached hydrogens (tertiary/aromatic N) is 3. The van der Waals surface area contributed by atoms with Crippen molar-refractivity contribution in [3.63, 3.8) is 0 Å². The van der Waals surface area contributed by atoms with Crippen LogP contribution < -0.4 is 14.8 Å². The van der Waals surface area contributed by atoms with Gasteiger partial charge in [-0.1, -0.05) is 36.5 Å². The number of tetrazole rings is 1. The molecule has 2 N–H and O–H groups in total. The molecule has 2 aromatic carbocycles. The molecule has 0 bridgehead atoms. The van der Waals surface area contributed by atoms with Crippen molar-refractivity contribution < 1.29 is 14.3 Å². The summed E-state index contributed by atoms with van der Waals surface area (Å²) in [6.07, 6.45) is 6.42. The van der Waals surface area contributed by atoms with E-state index in [1.54, 1.807) is 7.11 Å². The summed E-state index contributed by atoms with van der Waals surface area (Å²) in [4.78, 5) is 13.4. The Balaban J connectivity index is 1.47. The molecule has 1 fully saturated rings. The second kappa shape index (κ2) is 8.96. The van der Waals surface area contributed by atoms with E-state index < -0.39 is 0 Å². The van der Waals surface area contributed by atoms with Crippen LogP contribution in [0.15, 0.2) is 42.5 Å². The van der Waals surface area contributed by atoms with Crippen molar-refractivity contribution in [1.29, 1.82) is 0 Å². The molecule has 32 heavy (non-hydrogen) atoms. The monoisotopic (exact) mass is 449 g/mol. The van der Waals surface area contributed by atoms with Crippen LogP contribution >= 0.6 is 11.3 Å². The fourth-order valence-corrected chi connectivity index (χ4v) is 5.17. The SMILES string of the molecule is COc1ccc2sc(C(=O)Nc3nn[nH]n3)c(Oc3ccc(C4CCCCC4)cc3)c2c1. The first-order valence-electron chi connectivity index (χ1n) is 10.6. The van der Waals surface area contributed by atoms with E-state index in [4.69, 9.17) is 9.47 Å². The molecule has 1 amide bonds. The zero-order chi connectivity index (χ0) is 21.9. The normalized spacial score (nSPS) is 14.4. The summed E-state index contributed by atoms with van der Waals surface area (Å²) in [5.74, 6) is 2.22. The van der Waals surface area contributed by atoms with Crippen LogP contribution in [-0.4, -0.2) is 33.6 Å². The number of methoxy groups -OCH3 is 1. The predicted octanol–water partition coefficient (Wildman–Crippen LogP) is 5.52. The van der Waals surface area contributed by atoms with Crippen molar-refractivity contribution in [2.45, 2.75) is 38.0 Å². The fraction of sp³-hybridized carbons (Fsp3) is 0.304. The number of ether oxygens (including phenoxy) is 2. The lowest BCUT2D eigenvalue weighted by Crippen LogP contribution is -2.12. The van der Waals surface area contributed by atoms with Gasteiger partial charge in [-0.3, -0.25) is 10.1 Å². The minimum atomic E-state index is -0.361. The number of thiophene rings is 1. The van der Waals surface area contributed by atoms with Gasteiger partial charge in [0, 0.05) is 10.1 Å². The van der Waals surface area contributed by atoms with Crippen LogP contribution in [0.1, 0.15) is 53.3 Å². The van der Waals surface area contributed by atoms with Crippen molar-refractivity contribution >= 4 is 33.3 Å². The highest BCUT2D eigenvalue weighted by molar-refractivity contribution is 7.21.